The molecule has 0 saturated heterocycles. The SMILES string of the molecule is Cc1nn(C)c(C)c1CCC(=O)NCC(C(=O)O)c1ccc(F)cc1. The summed E-state index contributed by atoms with van der Waals surface area (Å²) in [7, 11) is 1.85. The van der Waals surface area contributed by atoms with Crippen LogP contribution in [0.5, 0.6) is 0 Å². The highest BCUT2D eigenvalue weighted by atomic mass is 19.1. The van der Waals surface area contributed by atoms with Crippen LogP contribution in [0.25, 0.3) is 0 Å². The number of nitrogens with zero attached hydrogens (tertiary/aromatic N) is 2. The van der Waals surface area contributed by atoms with Crippen LogP contribution in [-0.2, 0) is 23.1 Å². The predicted molar refractivity (Wildman–Crippen MR) is 90.8 cm³/mol. The van der Waals surface area contributed by atoms with Crippen molar-refractivity contribution in [3.63, 3.8) is 0 Å². The Bertz CT molecular complexity index is 769. The van der Waals surface area contributed by atoms with Crippen molar-refractivity contribution >= 4 is 11.9 Å². The Morgan fingerprint density at radius 1 is 1.28 bits per heavy atom. The first-order valence-corrected chi connectivity index (χ1v) is 8.03. The van der Waals surface area contributed by atoms with E-state index in [4.69, 9.17) is 0 Å². The zero-order chi connectivity index (χ0) is 18.6. The van der Waals surface area contributed by atoms with Crippen molar-refractivity contribution in [3.8, 4) is 0 Å². The normalized spacial score (nSPS) is 12.0. The van der Waals surface area contributed by atoms with Gasteiger partial charge in [-0.05, 0) is 43.5 Å². The van der Waals surface area contributed by atoms with Gasteiger partial charge in [0, 0.05) is 25.7 Å². The van der Waals surface area contributed by atoms with Gasteiger partial charge >= 0.3 is 5.97 Å². The molecular formula is C18H22FN3O3. The summed E-state index contributed by atoms with van der Waals surface area (Å²) in [6.45, 7) is 3.81. The largest absolute Gasteiger partial charge is 0.481 e. The van der Waals surface area contributed by atoms with E-state index in [-0.39, 0.29) is 18.9 Å². The lowest BCUT2D eigenvalue weighted by Gasteiger charge is -2.14. The number of carboxylic acid groups (broad SMARTS) is 1. The zero-order valence-electron chi connectivity index (χ0n) is 14.5. The summed E-state index contributed by atoms with van der Waals surface area (Å²) in [5.41, 5.74) is 3.39. The number of rotatable bonds is 7. The molecule has 7 heteroatoms. The fraction of sp³-hybridized carbons (Fsp3) is 0.389. The van der Waals surface area contributed by atoms with Gasteiger partial charge in [-0.2, -0.15) is 5.10 Å². The Morgan fingerprint density at radius 2 is 1.92 bits per heavy atom. The van der Waals surface area contributed by atoms with Gasteiger partial charge in [0.1, 0.15) is 5.82 Å². The molecule has 1 aromatic carbocycles. The Labute approximate surface area is 145 Å². The topological polar surface area (TPSA) is 84.2 Å². The van der Waals surface area contributed by atoms with Crippen LogP contribution in [-0.4, -0.2) is 33.3 Å². The molecular weight excluding hydrogens is 325 g/mol. The Morgan fingerprint density at radius 3 is 2.44 bits per heavy atom. The van der Waals surface area contributed by atoms with E-state index >= 15 is 0 Å². The second-order valence-electron chi connectivity index (χ2n) is 6.02. The molecule has 0 spiro atoms. The molecule has 0 aliphatic rings. The Balaban J connectivity index is 1.93. The molecule has 0 saturated carbocycles. The van der Waals surface area contributed by atoms with Crippen LogP contribution in [0.2, 0.25) is 0 Å². The third-order valence-electron chi connectivity index (χ3n) is 4.33. The molecule has 2 N–H and O–H groups in total. The van der Waals surface area contributed by atoms with Crippen molar-refractivity contribution < 1.29 is 19.1 Å². The van der Waals surface area contributed by atoms with E-state index in [1.54, 1.807) is 4.68 Å². The summed E-state index contributed by atoms with van der Waals surface area (Å²) in [6, 6.07) is 5.26. The number of carboxylic acids is 1. The summed E-state index contributed by atoms with van der Waals surface area (Å²) >= 11 is 0. The van der Waals surface area contributed by atoms with Crippen molar-refractivity contribution in [3.05, 3.63) is 52.6 Å². The number of carbonyl (C=O) groups is 2. The van der Waals surface area contributed by atoms with Crippen molar-refractivity contribution in [2.45, 2.75) is 32.6 Å². The molecule has 134 valence electrons. The van der Waals surface area contributed by atoms with E-state index in [2.05, 4.69) is 10.4 Å². The van der Waals surface area contributed by atoms with E-state index in [1.165, 1.54) is 24.3 Å². The van der Waals surface area contributed by atoms with E-state index < -0.39 is 17.7 Å². The van der Waals surface area contributed by atoms with Gasteiger partial charge in [0.25, 0.3) is 0 Å². The first kappa shape index (κ1) is 18.6. The predicted octanol–water partition coefficient (Wildman–Crippen LogP) is 2.09. The Hall–Kier alpha value is -2.70. The highest BCUT2D eigenvalue weighted by molar-refractivity contribution is 5.80. The highest BCUT2D eigenvalue weighted by Gasteiger charge is 2.21. The lowest BCUT2D eigenvalue weighted by molar-refractivity contribution is -0.138. The molecule has 2 aromatic rings. The van der Waals surface area contributed by atoms with Crippen LogP contribution in [0.1, 0.15) is 34.9 Å². The average molecular weight is 347 g/mol. The molecule has 0 fully saturated rings. The number of halogens is 1. The summed E-state index contributed by atoms with van der Waals surface area (Å²) in [6.07, 6.45) is 0.800. The summed E-state index contributed by atoms with van der Waals surface area (Å²) < 4.78 is 14.7. The number of hydrogen-bond donors (Lipinski definition) is 2. The molecule has 1 heterocycles. The van der Waals surface area contributed by atoms with E-state index in [0.717, 1.165) is 17.0 Å². The summed E-state index contributed by atoms with van der Waals surface area (Å²) in [5.74, 6) is -2.63. The quantitative estimate of drug-likeness (QED) is 0.803. The maximum atomic E-state index is 13.0. The number of hydrogen-bond acceptors (Lipinski definition) is 3. The third-order valence-corrected chi connectivity index (χ3v) is 4.33. The molecule has 1 amide bonds. The lowest BCUT2D eigenvalue weighted by Crippen LogP contribution is -2.31. The number of amides is 1. The molecule has 0 aliphatic carbocycles. The molecule has 1 unspecified atom stereocenters. The number of aryl methyl sites for hydroxylation is 2. The number of carbonyl (C=O) groups excluding carboxylic acids is 1. The van der Waals surface area contributed by atoms with Gasteiger partial charge in [0.2, 0.25) is 5.91 Å². The molecule has 2 rings (SSSR count). The number of nitrogens with one attached hydrogen (secondary N) is 1. The third kappa shape index (κ3) is 4.65. The van der Waals surface area contributed by atoms with Crippen molar-refractivity contribution in [1.82, 2.24) is 15.1 Å². The maximum absolute atomic E-state index is 13.0. The van der Waals surface area contributed by atoms with Crippen LogP contribution in [0.3, 0.4) is 0 Å². The maximum Gasteiger partial charge on any atom is 0.312 e. The molecule has 6 nitrogen and oxygen atoms in total. The minimum absolute atomic E-state index is 0.0369. The smallest absolute Gasteiger partial charge is 0.312 e. The van der Waals surface area contributed by atoms with Gasteiger partial charge in [-0.3, -0.25) is 14.3 Å². The Kier molecular flexibility index (Phi) is 5.90. The molecule has 0 bridgehead atoms. The first-order chi connectivity index (χ1) is 11.8. The minimum atomic E-state index is -1.06. The van der Waals surface area contributed by atoms with Crippen LogP contribution < -0.4 is 5.32 Å². The number of benzene rings is 1. The van der Waals surface area contributed by atoms with Crippen molar-refractivity contribution in [2.75, 3.05) is 6.54 Å². The van der Waals surface area contributed by atoms with Gasteiger partial charge in [0.05, 0.1) is 11.6 Å². The lowest BCUT2D eigenvalue weighted by atomic mass is 9.99. The minimum Gasteiger partial charge on any atom is -0.481 e. The molecule has 0 aliphatic heterocycles. The van der Waals surface area contributed by atoms with Gasteiger partial charge in [-0.25, -0.2) is 4.39 Å². The average Bonchev–Trinajstić information content (AvgIpc) is 2.79. The van der Waals surface area contributed by atoms with E-state index in [9.17, 15) is 19.1 Å². The number of aromatic nitrogens is 2. The molecule has 25 heavy (non-hydrogen) atoms. The van der Waals surface area contributed by atoms with Gasteiger partial charge in [-0.15, -0.1) is 0 Å². The van der Waals surface area contributed by atoms with Crippen molar-refractivity contribution in [1.29, 1.82) is 0 Å². The number of aliphatic carboxylic acids is 1. The standard InChI is InChI=1S/C18H22FN3O3/c1-11-15(12(2)22(3)21-11)8-9-17(23)20-10-16(18(24)25)13-4-6-14(19)7-5-13/h4-7,16H,8-10H2,1-3H3,(H,20,23)(H,24,25). The van der Waals surface area contributed by atoms with E-state index in [1.807, 2.05) is 20.9 Å². The van der Waals surface area contributed by atoms with Gasteiger partial charge in [-0.1, -0.05) is 12.1 Å². The second-order valence-corrected chi connectivity index (χ2v) is 6.02. The highest BCUT2D eigenvalue weighted by Crippen LogP contribution is 2.17. The van der Waals surface area contributed by atoms with Gasteiger partial charge < -0.3 is 10.4 Å². The summed E-state index contributed by atoms with van der Waals surface area (Å²) in [4.78, 5) is 23.5. The summed E-state index contributed by atoms with van der Waals surface area (Å²) in [5, 5.41) is 16.3. The van der Waals surface area contributed by atoms with E-state index in [0.29, 0.717) is 12.0 Å². The van der Waals surface area contributed by atoms with Crippen LogP contribution in [0.15, 0.2) is 24.3 Å². The van der Waals surface area contributed by atoms with Crippen LogP contribution in [0, 0.1) is 19.7 Å². The zero-order valence-corrected chi connectivity index (χ0v) is 14.5. The second kappa shape index (κ2) is 7.92. The fourth-order valence-corrected chi connectivity index (χ4v) is 2.76. The molecule has 1 aromatic heterocycles. The molecule has 0 radical (unpaired) electrons. The van der Waals surface area contributed by atoms with Crippen LogP contribution >= 0.6 is 0 Å². The van der Waals surface area contributed by atoms with Crippen molar-refractivity contribution in [2.24, 2.45) is 7.05 Å². The van der Waals surface area contributed by atoms with Crippen LogP contribution in [0.4, 0.5) is 4.39 Å². The monoisotopic (exact) mass is 347 g/mol. The molecule has 1 atom stereocenters. The first-order valence-electron chi connectivity index (χ1n) is 8.03. The van der Waals surface area contributed by atoms with Gasteiger partial charge in [0.15, 0.2) is 0 Å². The fourth-order valence-electron chi connectivity index (χ4n) is 2.76.